The summed E-state index contributed by atoms with van der Waals surface area (Å²) < 4.78 is 10.4. The summed E-state index contributed by atoms with van der Waals surface area (Å²) >= 11 is 11.8. The van der Waals surface area contributed by atoms with Crippen molar-refractivity contribution in [3.8, 4) is 0 Å². The maximum Gasteiger partial charge on any atom is 0.342 e. The van der Waals surface area contributed by atoms with E-state index in [2.05, 4.69) is 5.32 Å². The molecule has 2 rings (SSSR count). The van der Waals surface area contributed by atoms with Gasteiger partial charge in [-0.3, -0.25) is 4.79 Å². The Hall–Kier alpha value is -1.98. The average Bonchev–Trinajstić information content (AvgIpc) is 2.80. The van der Waals surface area contributed by atoms with Gasteiger partial charge in [-0.15, -0.1) is 0 Å². The number of hydrogen-bond donors (Lipinski definition) is 1. The molecule has 0 bridgehead atoms. The third kappa shape index (κ3) is 4.27. The highest BCUT2D eigenvalue weighted by molar-refractivity contribution is 6.36. The predicted octanol–water partition coefficient (Wildman–Crippen LogP) is 4.39. The van der Waals surface area contributed by atoms with Gasteiger partial charge in [0.1, 0.15) is 17.1 Å². The summed E-state index contributed by atoms with van der Waals surface area (Å²) in [6.45, 7) is 4.85. The van der Waals surface area contributed by atoms with Crippen molar-refractivity contribution in [1.29, 1.82) is 0 Å². The summed E-state index contributed by atoms with van der Waals surface area (Å²) in [5, 5.41) is 3.34. The number of esters is 1. The lowest BCUT2D eigenvalue weighted by Crippen LogP contribution is -2.30. The quantitative estimate of drug-likeness (QED) is 0.825. The molecule has 1 heterocycles. The molecule has 7 heteroatoms. The van der Waals surface area contributed by atoms with E-state index in [1.165, 1.54) is 13.0 Å². The van der Waals surface area contributed by atoms with Crippen LogP contribution in [0, 0.1) is 13.8 Å². The van der Waals surface area contributed by atoms with Crippen LogP contribution in [0.3, 0.4) is 0 Å². The van der Waals surface area contributed by atoms with Crippen molar-refractivity contribution in [3.05, 3.63) is 51.4 Å². The molecule has 1 amide bonds. The number of amides is 1. The molecule has 2 aromatic rings. The molecule has 0 saturated carbocycles. The molecule has 0 spiro atoms. The van der Waals surface area contributed by atoms with Crippen molar-refractivity contribution < 1.29 is 18.7 Å². The van der Waals surface area contributed by atoms with E-state index < -0.39 is 18.0 Å². The Balaban J connectivity index is 2.02. The number of rotatable bonds is 4. The highest BCUT2D eigenvalue weighted by Gasteiger charge is 2.22. The first-order valence-electron chi connectivity index (χ1n) is 6.82. The molecule has 1 aromatic heterocycles. The summed E-state index contributed by atoms with van der Waals surface area (Å²) in [4.78, 5) is 24.2. The fourth-order valence-electron chi connectivity index (χ4n) is 1.94. The van der Waals surface area contributed by atoms with Gasteiger partial charge in [0.2, 0.25) is 0 Å². The molecule has 0 radical (unpaired) electrons. The maximum atomic E-state index is 12.1. The first kappa shape index (κ1) is 17.4. The zero-order valence-corrected chi connectivity index (χ0v) is 14.3. The molecule has 0 fully saturated rings. The van der Waals surface area contributed by atoms with Crippen LogP contribution in [0.1, 0.15) is 28.8 Å². The third-order valence-corrected chi connectivity index (χ3v) is 3.65. The smallest absolute Gasteiger partial charge is 0.342 e. The number of aryl methyl sites for hydroxylation is 2. The summed E-state index contributed by atoms with van der Waals surface area (Å²) in [5.74, 6) is -0.0787. The monoisotopic (exact) mass is 355 g/mol. The van der Waals surface area contributed by atoms with Gasteiger partial charge in [-0.05, 0) is 45.0 Å². The van der Waals surface area contributed by atoms with Gasteiger partial charge in [-0.1, -0.05) is 23.2 Å². The van der Waals surface area contributed by atoms with E-state index in [1.54, 1.807) is 32.0 Å². The molecule has 1 atom stereocenters. The number of hydrogen-bond acceptors (Lipinski definition) is 4. The van der Waals surface area contributed by atoms with Gasteiger partial charge in [-0.25, -0.2) is 4.79 Å². The summed E-state index contributed by atoms with van der Waals surface area (Å²) in [7, 11) is 0. The second-order valence-electron chi connectivity index (χ2n) is 4.99. The highest BCUT2D eigenvalue weighted by atomic mass is 35.5. The molecule has 1 N–H and O–H groups in total. The summed E-state index contributed by atoms with van der Waals surface area (Å²) in [6, 6.07) is 6.24. The number of carbonyl (C=O) groups excluding carboxylic acids is 2. The van der Waals surface area contributed by atoms with Gasteiger partial charge in [0, 0.05) is 5.02 Å². The minimum atomic E-state index is -0.996. The third-order valence-electron chi connectivity index (χ3n) is 3.10. The van der Waals surface area contributed by atoms with E-state index in [0.717, 1.165) is 0 Å². The molecule has 0 aliphatic heterocycles. The minimum Gasteiger partial charge on any atom is -0.466 e. The molecular formula is C16H15Cl2NO4. The van der Waals surface area contributed by atoms with Gasteiger partial charge >= 0.3 is 5.97 Å². The summed E-state index contributed by atoms with van der Waals surface area (Å²) in [6.07, 6.45) is -0.996. The van der Waals surface area contributed by atoms with Crippen molar-refractivity contribution in [3.63, 3.8) is 0 Å². The molecular weight excluding hydrogens is 341 g/mol. The Morgan fingerprint density at radius 2 is 1.91 bits per heavy atom. The standard InChI is InChI=1S/C16H15Cl2NO4/c1-8-6-12(9(2)22-8)16(21)23-10(3)15(20)19-14-5-4-11(17)7-13(14)18/h4-7,10H,1-3H3,(H,19,20)/t10-/m1/s1. The Bertz CT molecular complexity index is 755. The van der Waals surface area contributed by atoms with Crippen LogP contribution in [0.2, 0.25) is 10.0 Å². The molecule has 23 heavy (non-hydrogen) atoms. The van der Waals surface area contributed by atoms with E-state index in [1.807, 2.05) is 0 Å². The van der Waals surface area contributed by atoms with Gasteiger partial charge < -0.3 is 14.5 Å². The number of halogens is 2. The van der Waals surface area contributed by atoms with Crippen molar-refractivity contribution in [2.75, 3.05) is 5.32 Å². The lowest BCUT2D eigenvalue weighted by atomic mass is 10.2. The van der Waals surface area contributed by atoms with Crippen LogP contribution in [-0.4, -0.2) is 18.0 Å². The van der Waals surface area contributed by atoms with Gasteiger partial charge in [0.15, 0.2) is 6.10 Å². The van der Waals surface area contributed by atoms with Gasteiger partial charge in [0.25, 0.3) is 5.91 Å². The second kappa shape index (κ2) is 7.06. The van der Waals surface area contributed by atoms with Crippen molar-refractivity contribution >= 4 is 40.8 Å². The van der Waals surface area contributed by atoms with E-state index in [4.69, 9.17) is 32.4 Å². The first-order chi connectivity index (χ1) is 10.8. The average molecular weight is 356 g/mol. The largest absolute Gasteiger partial charge is 0.466 e. The van der Waals surface area contributed by atoms with Crippen LogP contribution in [0.4, 0.5) is 5.69 Å². The molecule has 0 saturated heterocycles. The van der Waals surface area contributed by atoms with E-state index in [0.29, 0.717) is 32.8 Å². The van der Waals surface area contributed by atoms with E-state index in [9.17, 15) is 9.59 Å². The fraction of sp³-hybridized carbons (Fsp3) is 0.250. The van der Waals surface area contributed by atoms with Gasteiger partial charge in [-0.2, -0.15) is 0 Å². The molecule has 5 nitrogen and oxygen atoms in total. The van der Waals surface area contributed by atoms with Crippen LogP contribution in [0.15, 0.2) is 28.7 Å². The number of nitrogens with one attached hydrogen (secondary N) is 1. The minimum absolute atomic E-state index is 0.297. The Kier molecular flexibility index (Phi) is 5.34. The zero-order chi connectivity index (χ0) is 17.1. The lowest BCUT2D eigenvalue weighted by molar-refractivity contribution is -0.123. The maximum absolute atomic E-state index is 12.1. The van der Waals surface area contributed by atoms with Gasteiger partial charge in [0.05, 0.1) is 10.7 Å². The van der Waals surface area contributed by atoms with E-state index >= 15 is 0 Å². The Morgan fingerprint density at radius 1 is 1.22 bits per heavy atom. The zero-order valence-electron chi connectivity index (χ0n) is 12.8. The van der Waals surface area contributed by atoms with Crippen LogP contribution >= 0.6 is 23.2 Å². The Labute approximate surface area is 143 Å². The number of ether oxygens (including phenoxy) is 1. The molecule has 0 aliphatic rings. The fourth-order valence-corrected chi connectivity index (χ4v) is 2.39. The predicted molar refractivity (Wildman–Crippen MR) is 88.2 cm³/mol. The normalized spacial score (nSPS) is 11.9. The number of furan rings is 1. The molecule has 0 aliphatic carbocycles. The summed E-state index contributed by atoms with van der Waals surface area (Å²) in [5.41, 5.74) is 0.686. The van der Waals surface area contributed by atoms with Crippen LogP contribution in [0.5, 0.6) is 0 Å². The van der Waals surface area contributed by atoms with Crippen molar-refractivity contribution in [1.82, 2.24) is 0 Å². The van der Waals surface area contributed by atoms with E-state index in [-0.39, 0.29) is 0 Å². The lowest BCUT2D eigenvalue weighted by Gasteiger charge is -2.14. The van der Waals surface area contributed by atoms with Crippen LogP contribution in [0.25, 0.3) is 0 Å². The van der Waals surface area contributed by atoms with Crippen LogP contribution in [-0.2, 0) is 9.53 Å². The molecule has 0 unspecified atom stereocenters. The second-order valence-corrected chi connectivity index (χ2v) is 5.83. The number of benzene rings is 1. The van der Waals surface area contributed by atoms with Crippen molar-refractivity contribution in [2.45, 2.75) is 26.9 Å². The SMILES string of the molecule is Cc1cc(C(=O)O[C@H](C)C(=O)Nc2ccc(Cl)cc2Cl)c(C)o1. The first-order valence-corrected chi connectivity index (χ1v) is 7.57. The number of anilines is 1. The Morgan fingerprint density at radius 3 is 2.48 bits per heavy atom. The molecule has 122 valence electrons. The number of carbonyl (C=O) groups is 2. The molecule has 1 aromatic carbocycles. The highest BCUT2D eigenvalue weighted by Crippen LogP contribution is 2.25. The topological polar surface area (TPSA) is 68.5 Å². The van der Waals surface area contributed by atoms with Crippen molar-refractivity contribution in [2.24, 2.45) is 0 Å². The van der Waals surface area contributed by atoms with Crippen LogP contribution < -0.4 is 5.32 Å².